The zero-order valence-corrected chi connectivity index (χ0v) is 11.3. The average molecular weight is 286 g/mol. The van der Waals surface area contributed by atoms with Crippen LogP contribution in [0.5, 0.6) is 0 Å². The number of urea groups is 1. The van der Waals surface area contributed by atoms with Crippen LogP contribution >= 0.6 is 0 Å². The molecular formula is C12H15FN2O3S. The summed E-state index contributed by atoms with van der Waals surface area (Å²) in [6.45, 7) is 1.68. The molecule has 1 fully saturated rings. The van der Waals surface area contributed by atoms with Crippen LogP contribution in [0.2, 0.25) is 0 Å². The molecule has 1 saturated heterocycles. The maximum absolute atomic E-state index is 12.9. The highest BCUT2D eigenvalue weighted by Gasteiger charge is 2.39. The normalized spacial score (nSPS) is 24.9. The van der Waals surface area contributed by atoms with Crippen molar-refractivity contribution in [1.29, 1.82) is 0 Å². The van der Waals surface area contributed by atoms with Gasteiger partial charge in [-0.05, 0) is 31.5 Å². The smallest absolute Gasteiger partial charge is 0.319 e. The molecule has 1 heterocycles. The topological polar surface area (TPSA) is 75.3 Å². The largest absolute Gasteiger partial charge is 0.332 e. The quantitative estimate of drug-likeness (QED) is 0.865. The summed E-state index contributed by atoms with van der Waals surface area (Å²) < 4.78 is 35.8. The van der Waals surface area contributed by atoms with E-state index in [1.165, 1.54) is 18.2 Å². The minimum Gasteiger partial charge on any atom is -0.332 e. The van der Waals surface area contributed by atoms with E-state index < -0.39 is 27.2 Å². The van der Waals surface area contributed by atoms with Crippen molar-refractivity contribution in [3.05, 3.63) is 30.1 Å². The first-order valence-electron chi connectivity index (χ1n) is 5.83. The van der Waals surface area contributed by atoms with Gasteiger partial charge in [0, 0.05) is 5.69 Å². The fourth-order valence-corrected chi connectivity index (χ4v) is 4.20. The van der Waals surface area contributed by atoms with E-state index in [4.69, 9.17) is 0 Å². The van der Waals surface area contributed by atoms with Crippen molar-refractivity contribution in [3.63, 3.8) is 0 Å². The molecule has 0 saturated carbocycles. The van der Waals surface area contributed by atoms with Crippen LogP contribution < -0.4 is 10.6 Å². The Bertz CT molecular complexity index is 603. The van der Waals surface area contributed by atoms with Crippen molar-refractivity contribution < 1.29 is 17.6 Å². The first-order valence-corrected chi connectivity index (χ1v) is 7.65. The van der Waals surface area contributed by atoms with Gasteiger partial charge in [0.1, 0.15) is 5.82 Å². The molecule has 104 valence electrons. The lowest BCUT2D eigenvalue weighted by molar-refractivity contribution is 0.242. The average Bonchev–Trinajstić information content (AvgIpc) is 2.52. The van der Waals surface area contributed by atoms with Gasteiger partial charge >= 0.3 is 6.03 Å². The monoisotopic (exact) mass is 286 g/mol. The van der Waals surface area contributed by atoms with Crippen molar-refractivity contribution in [2.45, 2.75) is 18.9 Å². The SMILES string of the molecule is CC1(NC(=O)Nc2cccc(F)c2)CCS(=O)(=O)C1. The van der Waals surface area contributed by atoms with Crippen molar-refractivity contribution >= 4 is 21.6 Å². The summed E-state index contributed by atoms with van der Waals surface area (Å²) in [6, 6.07) is 4.95. The number of carbonyl (C=O) groups is 1. The molecule has 1 unspecified atom stereocenters. The number of hydrogen-bond donors (Lipinski definition) is 2. The zero-order chi connectivity index (χ0) is 14.1. The van der Waals surface area contributed by atoms with Gasteiger partial charge in [-0.3, -0.25) is 0 Å². The van der Waals surface area contributed by atoms with Gasteiger partial charge in [-0.2, -0.15) is 0 Å². The van der Waals surface area contributed by atoms with Crippen molar-refractivity contribution in [2.75, 3.05) is 16.8 Å². The Hall–Kier alpha value is -1.63. The van der Waals surface area contributed by atoms with Crippen LogP contribution in [0.3, 0.4) is 0 Å². The molecule has 0 bridgehead atoms. The van der Waals surface area contributed by atoms with E-state index in [-0.39, 0.29) is 11.5 Å². The lowest BCUT2D eigenvalue weighted by Gasteiger charge is -2.23. The number of amides is 2. The molecule has 19 heavy (non-hydrogen) atoms. The molecule has 0 spiro atoms. The highest BCUT2D eigenvalue weighted by molar-refractivity contribution is 7.91. The van der Waals surface area contributed by atoms with Gasteiger partial charge in [-0.15, -0.1) is 0 Å². The third-order valence-corrected chi connectivity index (χ3v) is 4.90. The Morgan fingerprint density at radius 2 is 2.16 bits per heavy atom. The van der Waals surface area contributed by atoms with Gasteiger partial charge in [-0.1, -0.05) is 6.07 Å². The van der Waals surface area contributed by atoms with Gasteiger partial charge in [0.05, 0.1) is 17.0 Å². The van der Waals surface area contributed by atoms with Gasteiger partial charge in [0.25, 0.3) is 0 Å². The van der Waals surface area contributed by atoms with E-state index in [0.29, 0.717) is 12.1 Å². The van der Waals surface area contributed by atoms with Crippen molar-refractivity contribution in [3.8, 4) is 0 Å². The second-order valence-electron chi connectivity index (χ2n) is 4.99. The van der Waals surface area contributed by atoms with Gasteiger partial charge in [0.2, 0.25) is 0 Å². The molecule has 2 rings (SSSR count). The van der Waals surface area contributed by atoms with E-state index in [1.807, 2.05) is 0 Å². The first-order chi connectivity index (χ1) is 8.78. The number of rotatable bonds is 2. The molecule has 7 heteroatoms. The lowest BCUT2D eigenvalue weighted by Crippen LogP contribution is -2.48. The predicted octanol–water partition coefficient (Wildman–Crippen LogP) is 1.52. The molecule has 1 aliphatic heterocycles. The minimum atomic E-state index is -3.08. The van der Waals surface area contributed by atoms with Crippen LogP contribution in [-0.2, 0) is 9.84 Å². The summed E-state index contributed by atoms with van der Waals surface area (Å²) in [5.41, 5.74) is -0.446. The number of nitrogens with one attached hydrogen (secondary N) is 2. The molecule has 5 nitrogen and oxygen atoms in total. The summed E-state index contributed by atoms with van der Waals surface area (Å²) in [6.07, 6.45) is 0.381. The fourth-order valence-electron chi connectivity index (χ4n) is 2.11. The molecule has 1 aromatic carbocycles. The molecule has 2 N–H and O–H groups in total. The number of halogens is 1. The van der Waals surface area contributed by atoms with Crippen LogP contribution in [0.25, 0.3) is 0 Å². The summed E-state index contributed by atoms with van der Waals surface area (Å²) in [5, 5.41) is 5.10. The molecule has 0 aliphatic carbocycles. The predicted molar refractivity (Wildman–Crippen MR) is 70.2 cm³/mol. The molecule has 0 aromatic heterocycles. The molecule has 1 aromatic rings. The van der Waals surface area contributed by atoms with Crippen LogP contribution in [0.1, 0.15) is 13.3 Å². The fraction of sp³-hybridized carbons (Fsp3) is 0.417. The Balaban J connectivity index is 1.99. The van der Waals surface area contributed by atoms with E-state index >= 15 is 0 Å². The molecule has 2 amide bonds. The second kappa shape index (κ2) is 4.80. The van der Waals surface area contributed by atoms with Gasteiger partial charge in [-0.25, -0.2) is 17.6 Å². The van der Waals surface area contributed by atoms with E-state index in [1.54, 1.807) is 13.0 Å². The molecule has 1 atom stereocenters. The Kier molecular flexibility index (Phi) is 3.49. The number of carbonyl (C=O) groups excluding carboxylic acids is 1. The maximum atomic E-state index is 12.9. The van der Waals surface area contributed by atoms with Gasteiger partial charge in [0.15, 0.2) is 9.84 Å². The van der Waals surface area contributed by atoms with Crippen LogP contribution in [0.15, 0.2) is 24.3 Å². The zero-order valence-electron chi connectivity index (χ0n) is 10.4. The van der Waals surface area contributed by atoms with E-state index in [0.717, 1.165) is 0 Å². The van der Waals surface area contributed by atoms with Crippen molar-refractivity contribution in [1.82, 2.24) is 5.32 Å². The summed E-state index contributed by atoms with van der Waals surface area (Å²) in [7, 11) is -3.08. The molecule has 0 radical (unpaired) electrons. The van der Waals surface area contributed by atoms with Crippen molar-refractivity contribution in [2.24, 2.45) is 0 Å². The number of hydrogen-bond acceptors (Lipinski definition) is 3. The van der Waals surface area contributed by atoms with Crippen LogP contribution in [0, 0.1) is 5.82 Å². The van der Waals surface area contributed by atoms with Crippen LogP contribution in [-0.4, -0.2) is 31.5 Å². The summed E-state index contributed by atoms with van der Waals surface area (Å²) >= 11 is 0. The van der Waals surface area contributed by atoms with E-state index in [2.05, 4.69) is 10.6 Å². The Morgan fingerprint density at radius 1 is 1.42 bits per heavy atom. The van der Waals surface area contributed by atoms with Crippen LogP contribution in [0.4, 0.5) is 14.9 Å². The number of benzene rings is 1. The standard InChI is InChI=1S/C12H15FN2O3S/c1-12(5-6-19(17,18)8-12)15-11(16)14-10-4-2-3-9(13)7-10/h2-4,7H,5-6,8H2,1H3,(H2,14,15,16). The van der Waals surface area contributed by atoms with Gasteiger partial charge < -0.3 is 10.6 Å². The third kappa shape index (κ3) is 3.66. The maximum Gasteiger partial charge on any atom is 0.319 e. The summed E-state index contributed by atoms with van der Waals surface area (Å²) in [5.74, 6) is -0.451. The summed E-state index contributed by atoms with van der Waals surface area (Å²) in [4.78, 5) is 11.8. The number of sulfone groups is 1. The molecule has 1 aliphatic rings. The highest BCUT2D eigenvalue weighted by atomic mass is 32.2. The van der Waals surface area contributed by atoms with E-state index in [9.17, 15) is 17.6 Å². The third-order valence-electron chi connectivity index (χ3n) is 3.00. The molecular weight excluding hydrogens is 271 g/mol. The Labute approximate surface area is 111 Å². The second-order valence-corrected chi connectivity index (χ2v) is 7.18. The highest BCUT2D eigenvalue weighted by Crippen LogP contribution is 2.23. The number of anilines is 1. The minimum absolute atomic E-state index is 0.0728. The Morgan fingerprint density at radius 3 is 2.74 bits per heavy atom. The first kappa shape index (κ1) is 13.8. The lowest BCUT2D eigenvalue weighted by atomic mass is 10.0.